The Morgan fingerprint density at radius 3 is 2.58 bits per heavy atom. The number of nitrogens with zero attached hydrogens (tertiary/aromatic N) is 3. The Morgan fingerprint density at radius 1 is 1.15 bits per heavy atom. The smallest absolute Gasteiger partial charge is 0.348 e. The van der Waals surface area contributed by atoms with E-state index in [1.54, 1.807) is 25.4 Å². The first kappa shape index (κ1) is 22.4. The van der Waals surface area contributed by atoms with Crippen molar-refractivity contribution in [2.75, 3.05) is 7.11 Å². The highest BCUT2D eigenvalue weighted by Gasteiger charge is 2.21. The lowest BCUT2D eigenvalue weighted by Gasteiger charge is -2.15. The minimum absolute atomic E-state index is 0.0942. The number of allylic oxidation sites excluding steroid dienone is 2. The van der Waals surface area contributed by atoms with Gasteiger partial charge in [0.15, 0.2) is 5.78 Å². The molecule has 7 nitrogen and oxygen atoms in total. The summed E-state index contributed by atoms with van der Waals surface area (Å²) in [5, 5.41) is 0. The van der Waals surface area contributed by atoms with Crippen LogP contribution in [-0.2, 0) is 9.53 Å². The zero-order valence-electron chi connectivity index (χ0n) is 18.8. The van der Waals surface area contributed by atoms with Crippen molar-refractivity contribution in [1.82, 2.24) is 14.5 Å². The fourth-order valence-electron chi connectivity index (χ4n) is 3.93. The van der Waals surface area contributed by atoms with Gasteiger partial charge in [0.05, 0.1) is 29.9 Å². The normalized spacial score (nSPS) is 13.0. The second-order valence-corrected chi connectivity index (χ2v) is 8.83. The van der Waals surface area contributed by atoms with E-state index in [1.807, 2.05) is 36.5 Å². The number of nitrogens with two attached hydrogens (primary N) is 1. The molecule has 1 atom stereocenters. The van der Waals surface area contributed by atoms with Crippen LogP contribution in [0.15, 0.2) is 60.7 Å². The van der Waals surface area contributed by atoms with Gasteiger partial charge in [-0.05, 0) is 51.1 Å². The number of ketones is 1. The summed E-state index contributed by atoms with van der Waals surface area (Å²) in [4.78, 5) is 34.9. The molecule has 0 bridgehead atoms. The van der Waals surface area contributed by atoms with Gasteiger partial charge in [-0.2, -0.15) is 0 Å². The van der Waals surface area contributed by atoms with Crippen molar-refractivity contribution in [2.45, 2.75) is 26.8 Å². The Labute approximate surface area is 195 Å². The highest BCUT2D eigenvalue weighted by Crippen LogP contribution is 2.37. The van der Waals surface area contributed by atoms with Crippen LogP contribution in [0.25, 0.3) is 27.0 Å². The van der Waals surface area contributed by atoms with Crippen LogP contribution in [0.3, 0.4) is 0 Å². The molecule has 4 rings (SSSR count). The molecular formula is C25H24N4O3S. The van der Waals surface area contributed by atoms with Crippen molar-refractivity contribution in [3.63, 3.8) is 0 Å². The number of pyridine rings is 2. The number of Topliss-reactive ketones (excluding diaryl/α,β-unsaturated/α-hetero) is 1. The highest BCUT2D eigenvalue weighted by molar-refractivity contribution is 7.17. The fraction of sp³-hybridized carbons (Fsp3) is 0.200. The maximum atomic E-state index is 12.3. The molecule has 0 aliphatic carbocycles. The number of fused-ring (bicyclic) bond motifs is 1. The molecule has 8 heteroatoms. The Bertz CT molecular complexity index is 1380. The van der Waals surface area contributed by atoms with E-state index in [0.717, 1.165) is 27.2 Å². The number of rotatable bonds is 6. The molecule has 0 aliphatic rings. The summed E-state index contributed by atoms with van der Waals surface area (Å²) in [6, 6.07) is 11.3. The van der Waals surface area contributed by atoms with E-state index in [0.29, 0.717) is 21.7 Å². The zero-order valence-corrected chi connectivity index (χ0v) is 19.6. The molecule has 2 N–H and O–H groups in total. The van der Waals surface area contributed by atoms with Gasteiger partial charge >= 0.3 is 5.97 Å². The van der Waals surface area contributed by atoms with E-state index in [-0.39, 0.29) is 17.8 Å². The van der Waals surface area contributed by atoms with Crippen molar-refractivity contribution in [1.29, 1.82) is 0 Å². The first-order valence-corrected chi connectivity index (χ1v) is 11.2. The summed E-state index contributed by atoms with van der Waals surface area (Å²) in [6.45, 7) is 5.27. The number of ether oxygens (including phenoxy) is 1. The van der Waals surface area contributed by atoms with E-state index in [2.05, 4.69) is 16.5 Å². The third-order valence-electron chi connectivity index (χ3n) is 5.50. The number of aromatic nitrogens is 3. The van der Waals surface area contributed by atoms with E-state index >= 15 is 0 Å². The second-order valence-electron chi connectivity index (χ2n) is 7.74. The van der Waals surface area contributed by atoms with E-state index in [9.17, 15) is 9.59 Å². The molecule has 0 fully saturated rings. The topological polar surface area (TPSA) is 100 Å². The van der Waals surface area contributed by atoms with E-state index in [4.69, 9.17) is 15.5 Å². The van der Waals surface area contributed by atoms with Gasteiger partial charge in [0, 0.05) is 45.9 Å². The summed E-state index contributed by atoms with van der Waals surface area (Å²) in [5.74, 6) is -0.491. The number of hydrogen-bond acceptors (Lipinski definition) is 7. The van der Waals surface area contributed by atoms with E-state index in [1.165, 1.54) is 25.4 Å². The molecule has 0 saturated carbocycles. The quantitative estimate of drug-likeness (QED) is 0.327. The predicted molar refractivity (Wildman–Crippen MR) is 130 cm³/mol. The standard InChI is InChI=1S/C25H24N4O3S/c1-14(26)23(16(3)30)17-11-20-24(28-12-17)18(21-8-9-22(33-21)25(31)32-4)13-29(20)15(2)19-7-5-6-10-27-19/h5-13,15H,26H2,1-4H3/t15-/m0/s1. The zero-order chi connectivity index (χ0) is 23.7. The van der Waals surface area contributed by atoms with Gasteiger partial charge in [-0.15, -0.1) is 11.3 Å². The Balaban J connectivity index is 1.95. The molecule has 0 amide bonds. The number of thiophene rings is 1. The lowest BCUT2D eigenvalue weighted by Crippen LogP contribution is -2.08. The van der Waals surface area contributed by atoms with Crippen molar-refractivity contribution in [3.8, 4) is 10.4 Å². The molecule has 0 aliphatic heterocycles. The molecule has 4 heterocycles. The third-order valence-corrected chi connectivity index (χ3v) is 6.59. The summed E-state index contributed by atoms with van der Waals surface area (Å²) in [5.41, 5.74) is 11.0. The molecule has 0 unspecified atom stereocenters. The summed E-state index contributed by atoms with van der Waals surface area (Å²) < 4.78 is 6.94. The Kier molecular flexibility index (Phi) is 6.11. The molecule has 0 radical (unpaired) electrons. The number of carbonyl (C=O) groups excluding carboxylic acids is 2. The van der Waals surface area contributed by atoms with Crippen LogP contribution in [0.4, 0.5) is 0 Å². The average Bonchev–Trinajstić information content (AvgIpc) is 3.43. The van der Waals surface area contributed by atoms with Crippen LogP contribution in [0, 0.1) is 0 Å². The van der Waals surface area contributed by atoms with Crippen molar-refractivity contribution < 1.29 is 14.3 Å². The van der Waals surface area contributed by atoms with Gasteiger partial charge in [-0.25, -0.2) is 4.79 Å². The summed E-state index contributed by atoms with van der Waals surface area (Å²) >= 11 is 1.35. The van der Waals surface area contributed by atoms with Crippen molar-refractivity contribution >= 4 is 39.7 Å². The molecule has 0 aromatic carbocycles. The van der Waals surface area contributed by atoms with Crippen LogP contribution in [0.5, 0.6) is 0 Å². The van der Waals surface area contributed by atoms with Gasteiger partial charge in [0.1, 0.15) is 4.88 Å². The average molecular weight is 461 g/mol. The minimum atomic E-state index is -0.373. The van der Waals surface area contributed by atoms with Gasteiger partial charge in [0.2, 0.25) is 0 Å². The van der Waals surface area contributed by atoms with Crippen LogP contribution in [0.2, 0.25) is 0 Å². The second kappa shape index (κ2) is 8.99. The Hall–Kier alpha value is -3.78. The van der Waals surface area contributed by atoms with E-state index < -0.39 is 0 Å². The van der Waals surface area contributed by atoms with Crippen LogP contribution in [-0.4, -0.2) is 33.4 Å². The molecule has 33 heavy (non-hydrogen) atoms. The van der Waals surface area contributed by atoms with Crippen LogP contribution >= 0.6 is 11.3 Å². The summed E-state index contributed by atoms with van der Waals surface area (Å²) in [6.07, 6.45) is 5.45. The molecule has 4 aromatic heterocycles. The number of methoxy groups -OCH3 is 1. The van der Waals surface area contributed by atoms with Gasteiger partial charge in [-0.3, -0.25) is 14.8 Å². The summed E-state index contributed by atoms with van der Waals surface area (Å²) in [7, 11) is 1.37. The molecule has 4 aromatic rings. The number of carbonyl (C=O) groups is 2. The largest absolute Gasteiger partial charge is 0.465 e. The highest BCUT2D eigenvalue weighted by atomic mass is 32.1. The van der Waals surface area contributed by atoms with Gasteiger partial charge in [-0.1, -0.05) is 6.07 Å². The molecular weight excluding hydrogens is 436 g/mol. The SMILES string of the molecule is COC(=O)c1ccc(-c2cn([C@@H](C)c3ccccn3)c3cc(C(C(C)=O)=C(C)N)cnc23)s1. The first-order valence-electron chi connectivity index (χ1n) is 10.4. The first-order chi connectivity index (χ1) is 15.8. The fourth-order valence-corrected chi connectivity index (χ4v) is 4.87. The monoisotopic (exact) mass is 460 g/mol. The maximum Gasteiger partial charge on any atom is 0.348 e. The molecule has 0 saturated heterocycles. The lowest BCUT2D eigenvalue weighted by molar-refractivity contribution is -0.111. The Morgan fingerprint density at radius 2 is 1.94 bits per heavy atom. The maximum absolute atomic E-state index is 12.3. The van der Waals surface area contributed by atoms with Crippen LogP contribution < -0.4 is 5.73 Å². The number of hydrogen-bond donors (Lipinski definition) is 1. The van der Waals surface area contributed by atoms with Crippen LogP contribution in [0.1, 0.15) is 47.7 Å². The van der Waals surface area contributed by atoms with Crippen molar-refractivity contribution in [3.05, 3.63) is 76.8 Å². The third kappa shape index (κ3) is 4.17. The molecule has 0 spiro atoms. The number of esters is 1. The minimum Gasteiger partial charge on any atom is -0.465 e. The van der Waals surface area contributed by atoms with Gasteiger partial charge < -0.3 is 15.0 Å². The van der Waals surface area contributed by atoms with Crippen molar-refractivity contribution in [2.24, 2.45) is 5.73 Å². The predicted octanol–water partition coefficient (Wildman–Crippen LogP) is 4.83. The molecule has 168 valence electrons. The van der Waals surface area contributed by atoms with Gasteiger partial charge in [0.25, 0.3) is 0 Å². The lowest BCUT2D eigenvalue weighted by atomic mass is 10.0.